The summed E-state index contributed by atoms with van der Waals surface area (Å²) in [6.45, 7) is 7.90. The van der Waals surface area contributed by atoms with Crippen LogP contribution < -0.4 is 4.90 Å². The van der Waals surface area contributed by atoms with E-state index in [0.717, 1.165) is 18.1 Å². The Hall–Kier alpha value is -0.220. The summed E-state index contributed by atoms with van der Waals surface area (Å²) in [4.78, 5) is 2.99. The van der Waals surface area contributed by atoms with Crippen molar-refractivity contribution >= 4 is 23.4 Å². The highest BCUT2D eigenvalue weighted by Crippen LogP contribution is 2.20. The van der Waals surface area contributed by atoms with E-state index < -0.39 is 0 Å². The van der Waals surface area contributed by atoms with Gasteiger partial charge in [0.1, 0.15) is 25.3 Å². The van der Waals surface area contributed by atoms with Crippen molar-refractivity contribution in [3.8, 4) is 0 Å². The van der Waals surface area contributed by atoms with Gasteiger partial charge in [-0.2, -0.15) is 0 Å². The molecule has 1 aromatic carbocycles. The molecule has 1 N–H and O–H groups in total. The zero-order valence-electron chi connectivity index (χ0n) is 11.7. The second-order valence-corrected chi connectivity index (χ2v) is 6.93. The molecule has 0 aromatic heterocycles. The van der Waals surface area contributed by atoms with Crippen LogP contribution in [0.25, 0.3) is 0 Å². The minimum absolute atomic E-state index is 0.405. The van der Waals surface area contributed by atoms with E-state index in [4.69, 9.17) is 16.3 Å². The van der Waals surface area contributed by atoms with Crippen LogP contribution in [0, 0.1) is 0 Å². The molecule has 1 unspecified atom stereocenters. The van der Waals surface area contributed by atoms with Crippen molar-refractivity contribution in [2.75, 3.05) is 25.4 Å². The predicted molar refractivity (Wildman–Crippen MR) is 82.4 cm³/mol. The Kier molecular flexibility index (Phi) is 6.02. The summed E-state index contributed by atoms with van der Waals surface area (Å²) in [6, 6.07) is 8.11. The van der Waals surface area contributed by atoms with Gasteiger partial charge < -0.3 is 9.64 Å². The van der Waals surface area contributed by atoms with E-state index in [1.54, 1.807) is 4.90 Å². The quantitative estimate of drug-likeness (QED) is 0.663. The molecule has 19 heavy (non-hydrogen) atoms. The topological polar surface area (TPSA) is 13.7 Å². The number of hydrogen-bond acceptors (Lipinski definition) is 2. The molecular weight excluding hydrogens is 278 g/mol. The maximum absolute atomic E-state index is 5.88. The number of benzene rings is 1. The Balaban J connectivity index is 1.65. The number of hydrogen-bond donors (Lipinski definition) is 1. The molecule has 3 atom stereocenters. The van der Waals surface area contributed by atoms with E-state index in [1.807, 2.05) is 23.9 Å². The van der Waals surface area contributed by atoms with Crippen LogP contribution in [0.15, 0.2) is 29.2 Å². The minimum Gasteiger partial charge on any atom is -0.364 e. The van der Waals surface area contributed by atoms with Gasteiger partial charge >= 0.3 is 0 Å². The highest BCUT2D eigenvalue weighted by molar-refractivity contribution is 7.99. The first-order valence-corrected chi connectivity index (χ1v) is 8.37. The first-order chi connectivity index (χ1) is 9.13. The average molecular weight is 301 g/mol. The fraction of sp³-hybridized carbons (Fsp3) is 0.600. The molecule has 0 bridgehead atoms. The second-order valence-electron chi connectivity index (χ2n) is 5.32. The first kappa shape index (κ1) is 15.2. The summed E-state index contributed by atoms with van der Waals surface area (Å²) >= 11 is 7.79. The van der Waals surface area contributed by atoms with Crippen LogP contribution in [0.4, 0.5) is 0 Å². The summed E-state index contributed by atoms with van der Waals surface area (Å²) in [5.74, 6) is 1.18. The Labute approximate surface area is 125 Å². The zero-order valence-corrected chi connectivity index (χ0v) is 13.3. The van der Waals surface area contributed by atoms with Gasteiger partial charge in [0.05, 0.1) is 6.54 Å². The molecule has 1 aliphatic heterocycles. The van der Waals surface area contributed by atoms with Gasteiger partial charge in [-0.25, -0.2) is 0 Å². The van der Waals surface area contributed by atoms with Crippen LogP contribution >= 0.6 is 23.4 Å². The lowest BCUT2D eigenvalue weighted by Gasteiger charge is -2.32. The molecule has 0 radical (unpaired) electrons. The summed E-state index contributed by atoms with van der Waals surface area (Å²) in [5, 5.41) is 0.810. The number of quaternary nitrogens is 1. The fourth-order valence-corrected chi connectivity index (χ4v) is 3.62. The van der Waals surface area contributed by atoms with Gasteiger partial charge in [0, 0.05) is 22.1 Å². The van der Waals surface area contributed by atoms with Gasteiger partial charge in [0.25, 0.3) is 0 Å². The van der Waals surface area contributed by atoms with Gasteiger partial charge in [0.15, 0.2) is 0 Å². The summed E-state index contributed by atoms with van der Waals surface area (Å²) in [6.07, 6.45) is 2.06. The van der Waals surface area contributed by atoms with Crippen molar-refractivity contribution in [1.82, 2.24) is 0 Å². The molecule has 0 saturated carbocycles. The Morgan fingerprint density at radius 2 is 1.84 bits per heavy atom. The molecule has 1 fully saturated rings. The van der Waals surface area contributed by atoms with E-state index in [0.29, 0.717) is 12.2 Å². The van der Waals surface area contributed by atoms with Crippen molar-refractivity contribution < 1.29 is 9.64 Å². The lowest BCUT2D eigenvalue weighted by molar-refractivity contribution is -0.915. The molecule has 1 heterocycles. The molecular formula is C15H23ClNOS+. The van der Waals surface area contributed by atoms with Crippen molar-refractivity contribution in [2.24, 2.45) is 0 Å². The molecule has 1 aromatic rings. The molecule has 2 rings (SSSR count). The second kappa shape index (κ2) is 7.53. The third-order valence-electron chi connectivity index (χ3n) is 3.37. The van der Waals surface area contributed by atoms with Gasteiger partial charge in [-0.15, -0.1) is 11.8 Å². The first-order valence-electron chi connectivity index (χ1n) is 7.01. The molecule has 2 nitrogen and oxygen atoms in total. The van der Waals surface area contributed by atoms with Gasteiger partial charge in [-0.3, -0.25) is 0 Å². The van der Waals surface area contributed by atoms with Crippen molar-refractivity contribution in [3.05, 3.63) is 29.3 Å². The van der Waals surface area contributed by atoms with Gasteiger partial charge in [-0.05, 0) is 38.1 Å². The number of rotatable bonds is 5. The lowest BCUT2D eigenvalue weighted by Crippen LogP contribution is -3.15. The number of ether oxygens (including phenoxy) is 1. The molecule has 1 aliphatic rings. The maximum atomic E-state index is 5.88. The molecule has 0 spiro atoms. The van der Waals surface area contributed by atoms with Crippen LogP contribution in [0.1, 0.15) is 20.3 Å². The monoisotopic (exact) mass is 300 g/mol. The molecule has 4 heteroatoms. The number of thioether (sulfide) groups is 1. The largest absolute Gasteiger partial charge is 0.364 e. The fourth-order valence-electron chi connectivity index (χ4n) is 2.64. The maximum Gasteiger partial charge on any atom is 0.104 e. The highest BCUT2D eigenvalue weighted by atomic mass is 35.5. The van der Waals surface area contributed by atoms with E-state index in [-0.39, 0.29) is 0 Å². The minimum atomic E-state index is 0.405. The predicted octanol–water partition coefficient (Wildman–Crippen LogP) is 2.51. The molecule has 106 valence electrons. The van der Waals surface area contributed by atoms with E-state index >= 15 is 0 Å². The summed E-state index contributed by atoms with van der Waals surface area (Å²) in [5.41, 5.74) is 0. The normalized spacial score (nSPS) is 27.4. The summed E-state index contributed by atoms with van der Waals surface area (Å²) < 4.78 is 5.76. The highest BCUT2D eigenvalue weighted by Gasteiger charge is 2.24. The van der Waals surface area contributed by atoms with Gasteiger partial charge in [0.2, 0.25) is 0 Å². The smallest absolute Gasteiger partial charge is 0.104 e. The van der Waals surface area contributed by atoms with E-state index in [1.165, 1.54) is 23.6 Å². The van der Waals surface area contributed by atoms with Gasteiger partial charge in [-0.1, -0.05) is 11.6 Å². The number of morpholine rings is 1. The standard InChI is InChI=1S/C15H22ClNOS/c1-12-10-17(11-13(2)18-12)8-3-9-19-15-6-4-14(16)5-7-15/h4-7,12-13H,3,8-11H2,1-2H3/p+1/t12-,13+. The van der Waals surface area contributed by atoms with E-state index in [2.05, 4.69) is 26.0 Å². The summed E-state index contributed by atoms with van der Waals surface area (Å²) in [7, 11) is 0. The Morgan fingerprint density at radius 1 is 1.21 bits per heavy atom. The van der Waals surface area contributed by atoms with Crippen molar-refractivity contribution in [1.29, 1.82) is 0 Å². The number of nitrogens with one attached hydrogen (secondary N) is 1. The van der Waals surface area contributed by atoms with Crippen LogP contribution in [0.5, 0.6) is 0 Å². The van der Waals surface area contributed by atoms with Crippen molar-refractivity contribution in [3.63, 3.8) is 0 Å². The van der Waals surface area contributed by atoms with E-state index in [9.17, 15) is 0 Å². The zero-order chi connectivity index (χ0) is 13.7. The lowest BCUT2D eigenvalue weighted by atomic mass is 10.2. The van der Waals surface area contributed by atoms with Crippen molar-refractivity contribution in [2.45, 2.75) is 37.4 Å². The molecule has 0 aliphatic carbocycles. The van der Waals surface area contributed by atoms with Crippen LogP contribution in [0.2, 0.25) is 5.02 Å². The third kappa shape index (κ3) is 5.35. The van der Waals surface area contributed by atoms with Crippen LogP contribution in [-0.2, 0) is 4.74 Å². The molecule has 0 amide bonds. The Bertz CT molecular complexity index is 374. The van der Waals surface area contributed by atoms with Crippen LogP contribution in [0.3, 0.4) is 0 Å². The molecule has 1 saturated heterocycles. The Morgan fingerprint density at radius 3 is 2.47 bits per heavy atom. The third-order valence-corrected chi connectivity index (χ3v) is 4.72. The number of halogens is 1. The SMILES string of the molecule is C[C@@H]1C[NH+](CCCSc2ccc(Cl)cc2)C[C@H](C)O1. The average Bonchev–Trinajstić information content (AvgIpc) is 2.36. The van der Waals surface area contributed by atoms with Crippen LogP contribution in [-0.4, -0.2) is 37.6 Å².